The van der Waals surface area contributed by atoms with E-state index in [0.29, 0.717) is 41.4 Å². The molecule has 0 radical (unpaired) electrons. The Hall–Kier alpha value is -4.23. The van der Waals surface area contributed by atoms with Gasteiger partial charge < -0.3 is 30.6 Å². The molecule has 12 nitrogen and oxygen atoms in total. The van der Waals surface area contributed by atoms with E-state index in [4.69, 9.17) is 9.76 Å². The van der Waals surface area contributed by atoms with Gasteiger partial charge >= 0.3 is 6.03 Å². The topological polar surface area (TPSA) is 162 Å². The molecule has 0 saturated carbocycles. The van der Waals surface area contributed by atoms with Gasteiger partial charge in [0, 0.05) is 37.1 Å². The maximum absolute atomic E-state index is 12.4. The van der Waals surface area contributed by atoms with E-state index >= 15 is 0 Å². The predicted octanol–water partition coefficient (Wildman–Crippen LogP) is 0.0784. The first-order valence-corrected chi connectivity index (χ1v) is 10.9. The zero-order valence-electron chi connectivity index (χ0n) is 18.9. The molecule has 1 aliphatic rings. The smallest absolute Gasteiger partial charge is 0.322 e. The van der Waals surface area contributed by atoms with E-state index < -0.39 is 5.56 Å². The van der Waals surface area contributed by atoms with Gasteiger partial charge in [0.25, 0.3) is 19.5 Å². The maximum Gasteiger partial charge on any atom is 0.322 e. The van der Waals surface area contributed by atoms with Crippen LogP contribution < -0.4 is 21.5 Å². The van der Waals surface area contributed by atoms with Crippen molar-refractivity contribution in [2.45, 2.75) is 6.10 Å². The van der Waals surface area contributed by atoms with Gasteiger partial charge in [0.2, 0.25) is 0 Å². The number of aromatic nitrogens is 3. The minimum Gasteiger partial charge on any atom is -0.438 e. The SMILES string of the molecule is BOC1CN(C(=O)Nc2cccc(-c3cc(Nc4ccc(C(=O)NCCO)cn4)c(=O)[nH]n3)c2)C1. The van der Waals surface area contributed by atoms with Crippen LogP contribution in [0.15, 0.2) is 53.5 Å². The third-order valence-corrected chi connectivity index (χ3v) is 5.37. The minimum absolute atomic E-state index is 0.0671. The number of benzene rings is 1. The molecule has 4 rings (SSSR count). The third kappa shape index (κ3) is 5.83. The number of anilines is 3. The number of hydrogen-bond donors (Lipinski definition) is 5. The van der Waals surface area contributed by atoms with Crippen LogP contribution in [0.5, 0.6) is 0 Å². The van der Waals surface area contributed by atoms with Gasteiger partial charge in [0.1, 0.15) is 11.5 Å². The fourth-order valence-electron chi connectivity index (χ4n) is 3.37. The number of carbonyl (C=O) groups excluding carboxylic acids is 2. The van der Waals surface area contributed by atoms with Crippen LogP contribution in [0.1, 0.15) is 10.4 Å². The summed E-state index contributed by atoms with van der Waals surface area (Å²) in [5.41, 5.74) is 1.84. The predicted molar refractivity (Wildman–Crippen MR) is 131 cm³/mol. The summed E-state index contributed by atoms with van der Waals surface area (Å²) in [4.78, 5) is 42.4. The van der Waals surface area contributed by atoms with Crippen LogP contribution in [-0.2, 0) is 4.65 Å². The van der Waals surface area contributed by atoms with Crippen molar-refractivity contribution in [3.8, 4) is 11.3 Å². The first-order chi connectivity index (χ1) is 17.0. The van der Waals surface area contributed by atoms with Crippen molar-refractivity contribution in [2.24, 2.45) is 0 Å². The fraction of sp³-hybridized carbons (Fsp3) is 0.227. The van der Waals surface area contributed by atoms with Crippen molar-refractivity contribution in [1.29, 1.82) is 0 Å². The number of rotatable bonds is 8. The number of hydrogen-bond acceptors (Lipinski definition) is 8. The molecule has 13 heteroatoms. The molecule has 3 amide bonds. The second kappa shape index (κ2) is 10.8. The number of aliphatic hydroxyl groups excluding tert-OH is 1. The number of likely N-dealkylation sites (tertiary alicyclic amines) is 1. The van der Waals surface area contributed by atoms with E-state index in [-0.39, 0.29) is 36.9 Å². The summed E-state index contributed by atoms with van der Waals surface area (Å²) >= 11 is 0. The molecule has 1 aromatic carbocycles. The lowest BCUT2D eigenvalue weighted by Crippen LogP contribution is -2.55. The summed E-state index contributed by atoms with van der Waals surface area (Å²) in [6.45, 7) is 1.07. The molecule has 1 saturated heterocycles. The molecule has 3 heterocycles. The highest BCUT2D eigenvalue weighted by atomic mass is 16.4. The lowest BCUT2D eigenvalue weighted by molar-refractivity contribution is 0.0558. The van der Waals surface area contributed by atoms with Gasteiger partial charge in [-0.2, -0.15) is 5.10 Å². The van der Waals surface area contributed by atoms with Crippen molar-refractivity contribution in [3.05, 3.63) is 64.6 Å². The van der Waals surface area contributed by atoms with Crippen LogP contribution in [0, 0.1) is 0 Å². The van der Waals surface area contributed by atoms with Gasteiger partial charge in [0.15, 0.2) is 0 Å². The van der Waals surface area contributed by atoms with Gasteiger partial charge in [0.05, 0.1) is 24.0 Å². The molecular formula is C22H24BN7O5. The zero-order chi connectivity index (χ0) is 24.8. The average Bonchev–Trinajstić information content (AvgIpc) is 2.84. The van der Waals surface area contributed by atoms with Gasteiger partial charge in [-0.05, 0) is 30.3 Å². The number of aromatic amines is 1. The Balaban J connectivity index is 1.46. The number of nitrogens with one attached hydrogen (secondary N) is 4. The number of urea groups is 1. The van der Waals surface area contributed by atoms with Gasteiger partial charge in [-0.15, -0.1) is 0 Å². The van der Waals surface area contributed by atoms with E-state index in [1.54, 1.807) is 49.3 Å². The first kappa shape index (κ1) is 23.9. The van der Waals surface area contributed by atoms with Crippen LogP contribution in [0.2, 0.25) is 0 Å². The molecule has 1 fully saturated rings. The molecule has 0 atom stereocenters. The number of H-pyrrole nitrogens is 1. The molecule has 0 bridgehead atoms. The largest absolute Gasteiger partial charge is 0.438 e. The Morgan fingerprint density at radius 3 is 2.77 bits per heavy atom. The molecule has 180 valence electrons. The summed E-state index contributed by atoms with van der Waals surface area (Å²) in [6.07, 6.45) is 1.43. The fourth-order valence-corrected chi connectivity index (χ4v) is 3.37. The van der Waals surface area contributed by atoms with Crippen molar-refractivity contribution in [2.75, 3.05) is 36.9 Å². The Kier molecular flexibility index (Phi) is 7.38. The highest BCUT2D eigenvalue weighted by Gasteiger charge is 2.30. The van der Waals surface area contributed by atoms with E-state index in [1.165, 1.54) is 6.20 Å². The number of amides is 3. The molecule has 0 aliphatic carbocycles. The van der Waals surface area contributed by atoms with Crippen molar-refractivity contribution < 1.29 is 19.3 Å². The monoisotopic (exact) mass is 477 g/mol. The second-order valence-corrected chi connectivity index (χ2v) is 7.81. The summed E-state index contributed by atoms with van der Waals surface area (Å²) in [6, 6.07) is 11.6. The van der Waals surface area contributed by atoms with Crippen LogP contribution in [-0.4, -0.2) is 77.5 Å². The second-order valence-electron chi connectivity index (χ2n) is 7.81. The van der Waals surface area contributed by atoms with Crippen molar-refractivity contribution in [3.63, 3.8) is 0 Å². The third-order valence-electron chi connectivity index (χ3n) is 5.37. The average molecular weight is 477 g/mol. The summed E-state index contributed by atoms with van der Waals surface area (Å²) in [7, 11) is 1.62. The molecule has 0 unspecified atom stereocenters. The molecule has 1 aliphatic heterocycles. The van der Waals surface area contributed by atoms with Crippen molar-refractivity contribution in [1.82, 2.24) is 25.4 Å². The minimum atomic E-state index is -0.449. The normalized spacial score (nSPS) is 13.1. The number of pyridine rings is 1. The summed E-state index contributed by atoms with van der Waals surface area (Å²) in [5.74, 6) is -0.00183. The summed E-state index contributed by atoms with van der Waals surface area (Å²) < 4.78 is 5.19. The van der Waals surface area contributed by atoms with E-state index in [9.17, 15) is 14.4 Å². The molecule has 0 spiro atoms. The zero-order valence-corrected chi connectivity index (χ0v) is 18.9. The molecule has 3 aromatic rings. The van der Waals surface area contributed by atoms with Gasteiger partial charge in [-0.3, -0.25) is 9.59 Å². The van der Waals surface area contributed by atoms with Crippen LogP contribution in [0.3, 0.4) is 0 Å². The first-order valence-electron chi connectivity index (χ1n) is 10.9. The van der Waals surface area contributed by atoms with E-state index in [1.807, 2.05) is 6.07 Å². The molecular weight excluding hydrogens is 453 g/mol. The molecule has 2 aromatic heterocycles. The Bertz CT molecular complexity index is 1260. The number of aliphatic hydroxyl groups is 1. The van der Waals surface area contributed by atoms with Gasteiger partial charge in [-0.1, -0.05) is 12.1 Å². The Labute approximate surface area is 201 Å². The highest BCUT2D eigenvalue weighted by Crippen LogP contribution is 2.23. The van der Waals surface area contributed by atoms with E-state index in [2.05, 4.69) is 31.1 Å². The van der Waals surface area contributed by atoms with Crippen molar-refractivity contribution >= 4 is 37.2 Å². The lowest BCUT2D eigenvalue weighted by atomic mass is 10.1. The van der Waals surface area contributed by atoms with Gasteiger partial charge in [-0.25, -0.2) is 14.9 Å². The Morgan fingerprint density at radius 2 is 2.06 bits per heavy atom. The van der Waals surface area contributed by atoms with E-state index in [0.717, 1.165) is 0 Å². The number of nitrogens with zero attached hydrogens (tertiary/aromatic N) is 3. The lowest BCUT2D eigenvalue weighted by Gasteiger charge is -2.38. The van der Waals surface area contributed by atoms with Crippen LogP contribution >= 0.6 is 0 Å². The number of carbonyl (C=O) groups is 2. The Morgan fingerprint density at radius 1 is 1.23 bits per heavy atom. The highest BCUT2D eigenvalue weighted by molar-refractivity contribution is 5.98. The summed E-state index contributed by atoms with van der Waals surface area (Å²) in [5, 5.41) is 23.7. The van der Waals surface area contributed by atoms with Crippen LogP contribution in [0.25, 0.3) is 11.3 Å². The molecule has 35 heavy (non-hydrogen) atoms. The standard InChI is InChI=1S/C22H24BN7O5/c23-35-16-11-30(12-16)22(34)26-15-3-1-2-13(8-15)17-9-18(21(33)29-28-17)27-19-5-4-14(10-25-19)20(32)24-6-7-31/h1-5,8-10,16,31H,6-7,11-12,23H2,(H,24,32)(H,26,34)(H,29,33)(H,25,27,28). The molecule has 5 N–H and O–H groups in total. The van der Waals surface area contributed by atoms with Crippen LogP contribution in [0.4, 0.5) is 22.0 Å². The quantitative estimate of drug-likeness (QED) is 0.285. The maximum atomic E-state index is 12.4.